The fourth-order valence-corrected chi connectivity index (χ4v) is 2.66. The van der Waals surface area contributed by atoms with Gasteiger partial charge in [0.1, 0.15) is 11.5 Å². The van der Waals surface area contributed by atoms with Crippen molar-refractivity contribution in [3.63, 3.8) is 0 Å². The number of carbonyl (C=O) groups excluding carboxylic acids is 2. The fraction of sp³-hybridized carbons (Fsp3) is 0.429. The molecule has 28 heavy (non-hydrogen) atoms. The smallest absolute Gasteiger partial charge is 0.255 e. The van der Waals surface area contributed by atoms with E-state index in [4.69, 9.17) is 13.9 Å². The van der Waals surface area contributed by atoms with Crippen LogP contribution in [-0.2, 0) is 27.4 Å². The van der Waals surface area contributed by atoms with Gasteiger partial charge in [0.15, 0.2) is 0 Å². The largest absolute Gasteiger partial charge is 0.466 e. The molecule has 0 unspecified atom stereocenters. The van der Waals surface area contributed by atoms with Crippen LogP contribution in [0, 0.1) is 13.8 Å². The van der Waals surface area contributed by atoms with Gasteiger partial charge in [-0.1, -0.05) is 24.3 Å². The van der Waals surface area contributed by atoms with Crippen LogP contribution in [-0.4, -0.2) is 38.2 Å². The van der Waals surface area contributed by atoms with E-state index in [2.05, 4.69) is 10.6 Å². The van der Waals surface area contributed by atoms with Crippen molar-refractivity contribution in [3.8, 4) is 0 Å². The minimum Gasteiger partial charge on any atom is -0.466 e. The first-order chi connectivity index (χ1) is 13.5. The summed E-state index contributed by atoms with van der Waals surface area (Å²) in [7, 11) is 0. The van der Waals surface area contributed by atoms with Gasteiger partial charge in [0.2, 0.25) is 5.91 Å². The maximum atomic E-state index is 12.1. The maximum Gasteiger partial charge on any atom is 0.255 e. The van der Waals surface area contributed by atoms with Crippen LogP contribution in [0.1, 0.15) is 39.9 Å². The second-order valence-corrected chi connectivity index (χ2v) is 6.36. The lowest BCUT2D eigenvalue weighted by Gasteiger charge is -2.09. The van der Waals surface area contributed by atoms with E-state index >= 15 is 0 Å². The summed E-state index contributed by atoms with van der Waals surface area (Å²) >= 11 is 0. The Kier molecular flexibility index (Phi) is 8.71. The van der Waals surface area contributed by atoms with E-state index in [1.807, 2.05) is 31.2 Å². The highest BCUT2D eigenvalue weighted by Gasteiger charge is 2.14. The normalized spacial score (nSPS) is 10.7. The van der Waals surface area contributed by atoms with Crippen molar-refractivity contribution in [1.29, 1.82) is 0 Å². The first-order valence-corrected chi connectivity index (χ1v) is 9.34. The number of hydrogen-bond donors (Lipinski definition) is 2. The summed E-state index contributed by atoms with van der Waals surface area (Å²) in [6.45, 7) is 8.02. The van der Waals surface area contributed by atoms with Crippen LogP contribution in [0.25, 0.3) is 0 Å². The summed E-state index contributed by atoms with van der Waals surface area (Å²) in [5.41, 5.74) is 2.44. The van der Waals surface area contributed by atoms with E-state index in [0.717, 1.165) is 11.1 Å². The number of furan rings is 1. The lowest BCUT2D eigenvalue weighted by atomic mass is 10.1. The molecule has 0 aliphatic carbocycles. The van der Waals surface area contributed by atoms with E-state index in [0.29, 0.717) is 50.1 Å². The summed E-state index contributed by atoms with van der Waals surface area (Å²) in [4.78, 5) is 24.1. The van der Waals surface area contributed by atoms with Gasteiger partial charge in [-0.05, 0) is 38.0 Å². The molecular formula is C21H28N2O5. The van der Waals surface area contributed by atoms with Gasteiger partial charge in [0.25, 0.3) is 5.91 Å². The Morgan fingerprint density at radius 1 is 1.04 bits per heavy atom. The Morgan fingerprint density at radius 2 is 1.79 bits per heavy atom. The molecule has 2 rings (SSSR count). The SMILES string of the molecule is CCOCCOCc1cccc(CNC(=O)CNC(=O)c2cc(C)oc2C)c1. The summed E-state index contributed by atoms with van der Waals surface area (Å²) in [5, 5.41) is 5.40. The van der Waals surface area contributed by atoms with Crippen molar-refractivity contribution >= 4 is 11.8 Å². The average molecular weight is 388 g/mol. The van der Waals surface area contributed by atoms with Gasteiger partial charge in [0, 0.05) is 13.2 Å². The number of benzene rings is 1. The van der Waals surface area contributed by atoms with Crippen LogP contribution in [0.3, 0.4) is 0 Å². The molecule has 1 aromatic heterocycles. The predicted octanol–water partition coefficient (Wildman–Crippen LogP) is 2.50. The Bertz CT molecular complexity index is 785. The van der Waals surface area contributed by atoms with Gasteiger partial charge in [-0.25, -0.2) is 0 Å². The molecule has 2 N–H and O–H groups in total. The Labute approximate surface area is 165 Å². The molecule has 1 aromatic carbocycles. The number of hydrogen-bond acceptors (Lipinski definition) is 5. The number of rotatable bonds is 11. The second-order valence-electron chi connectivity index (χ2n) is 6.36. The molecule has 0 atom stereocenters. The van der Waals surface area contributed by atoms with Crippen LogP contribution < -0.4 is 10.6 Å². The van der Waals surface area contributed by atoms with Gasteiger partial charge in [-0.15, -0.1) is 0 Å². The first-order valence-electron chi connectivity index (χ1n) is 9.34. The zero-order valence-corrected chi connectivity index (χ0v) is 16.7. The molecule has 0 aliphatic heterocycles. The summed E-state index contributed by atoms with van der Waals surface area (Å²) in [6.07, 6.45) is 0. The van der Waals surface area contributed by atoms with E-state index in [-0.39, 0.29) is 18.4 Å². The average Bonchev–Trinajstić information content (AvgIpc) is 3.03. The first kappa shape index (κ1) is 21.7. The number of amides is 2. The molecule has 0 radical (unpaired) electrons. The van der Waals surface area contributed by atoms with Crippen LogP contribution in [0.2, 0.25) is 0 Å². The molecule has 0 saturated heterocycles. The van der Waals surface area contributed by atoms with Crippen LogP contribution in [0.5, 0.6) is 0 Å². The van der Waals surface area contributed by atoms with Gasteiger partial charge < -0.3 is 24.5 Å². The molecular weight excluding hydrogens is 360 g/mol. The van der Waals surface area contributed by atoms with Gasteiger partial charge in [-0.2, -0.15) is 0 Å². The van der Waals surface area contributed by atoms with Crippen LogP contribution in [0.4, 0.5) is 0 Å². The number of aryl methyl sites for hydroxylation is 2. The van der Waals surface area contributed by atoms with E-state index in [1.54, 1.807) is 19.9 Å². The van der Waals surface area contributed by atoms with Crippen molar-refractivity contribution in [1.82, 2.24) is 10.6 Å². The Morgan fingerprint density at radius 3 is 2.50 bits per heavy atom. The molecule has 0 saturated carbocycles. The van der Waals surface area contributed by atoms with Gasteiger partial charge in [-0.3, -0.25) is 9.59 Å². The summed E-state index contributed by atoms with van der Waals surface area (Å²) < 4.78 is 16.1. The van der Waals surface area contributed by atoms with Gasteiger partial charge in [0.05, 0.1) is 31.9 Å². The third-order valence-electron chi connectivity index (χ3n) is 4.02. The Balaban J connectivity index is 1.72. The van der Waals surface area contributed by atoms with Crippen molar-refractivity contribution in [3.05, 3.63) is 58.5 Å². The highest BCUT2D eigenvalue weighted by Crippen LogP contribution is 2.13. The lowest BCUT2D eigenvalue weighted by molar-refractivity contribution is -0.120. The predicted molar refractivity (Wildman–Crippen MR) is 105 cm³/mol. The standard InChI is InChI=1S/C21H28N2O5/c1-4-26-8-9-27-14-18-7-5-6-17(11-18)12-22-20(24)13-23-21(25)19-10-15(2)28-16(19)3/h5-7,10-11H,4,8-9,12-14H2,1-3H3,(H,22,24)(H,23,25). The molecule has 2 amide bonds. The minimum absolute atomic E-state index is 0.0945. The molecule has 7 heteroatoms. The molecule has 1 heterocycles. The Hall–Kier alpha value is -2.64. The zero-order chi connectivity index (χ0) is 20.4. The van der Waals surface area contributed by atoms with Crippen LogP contribution >= 0.6 is 0 Å². The molecule has 152 valence electrons. The fourth-order valence-electron chi connectivity index (χ4n) is 2.66. The minimum atomic E-state index is -0.323. The number of carbonyl (C=O) groups is 2. The number of nitrogens with one attached hydrogen (secondary N) is 2. The quantitative estimate of drug-likeness (QED) is 0.577. The van der Waals surface area contributed by atoms with Gasteiger partial charge >= 0.3 is 0 Å². The molecule has 0 aliphatic rings. The van der Waals surface area contributed by atoms with Crippen molar-refractivity contribution in [2.45, 2.75) is 33.9 Å². The molecule has 0 fully saturated rings. The second kappa shape index (κ2) is 11.3. The molecule has 0 bridgehead atoms. The number of ether oxygens (including phenoxy) is 2. The van der Waals surface area contributed by atoms with Crippen molar-refractivity contribution in [2.24, 2.45) is 0 Å². The van der Waals surface area contributed by atoms with Crippen LogP contribution in [0.15, 0.2) is 34.7 Å². The lowest BCUT2D eigenvalue weighted by Crippen LogP contribution is -2.36. The monoisotopic (exact) mass is 388 g/mol. The molecule has 0 spiro atoms. The topological polar surface area (TPSA) is 89.8 Å². The van der Waals surface area contributed by atoms with E-state index in [9.17, 15) is 9.59 Å². The van der Waals surface area contributed by atoms with E-state index in [1.165, 1.54) is 0 Å². The van der Waals surface area contributed by atoms with Crippen molar-refractivity contribution in [2.75, 3.05) is 26.4 Å². The highest BCUT2D eigenvalue weighted by atomic mass is 16.5. The molecule has 2 aromatic rings. The molecule has 7 nitrogen and oxygen atoms in total. The maximum absolute atomic E-state index is 12.1. The van der Waals surface area contributed by atoms with E-state index < -0.39 is 0 Å². The summed E-state index contributed by atoms with van der Waals surface area (Å²) in [5.74, 6) is 0.616. The third kappa shape index (κ3) is 7.17. The summed E-state index contributed by atoms with van der Waals surface area (Å²) in [6, 6.07) is 9.47. The highest BCUT2D eigenvalue weighted by molar-refractivity contribution is 5.97. The zero-order valence-electron chi connectivity index (χ0n) is 16.7. The van der Waals surface area contributed by atoms with Crippen molar-refractivity contribution < 1.29 is 23.5 Å². The third-order valence-corrected chi connectivity index (χ3v) is 4.02.